The third-order valence-electron chi connectivity index (χ3n) is 3.77. The molecule has 2 aromatic carbocycles. The van der Waals surface area contributed by atoms with Gasteiger partial charge in [-0.1, -0.05) is 69.6 Å². The van der Waals surface area contributed by atoms with Crippen molar-refractivity contribution in [3.63, 3.8) is 0 Å². The van der Waals surface area contributed by atoms with E-state index in [2.05, 4.69) is 4.98 Å². The molecule has 3 rings (SSSR count). The van der Waals surface area contributed by atoms with E-state index in [0.29, 0.717) is 6.07 Å². The maximum Gasteiger partial charge on any atom is 0.433 e. The molecule has 0 amide bonds. The number of pyridine rings is 1. The molecule has 11 heteroatoms. The van der Waals surface area contributed by atoms with Crippen LogP contribution in [-0.4, -0.2) is 4.98 Å². The summed E-state index contributed by atoms with van der Waals surface area (Å²) < 4.78 is 55.8. The van der Waals surface area contributed by atoms with E-state index in [0.717, 1.165) is 0 Å². The predicted molar refractivity (Wildman–Crippen MR) is 110 cm³/mol. The maximum atomic E-state index is 15.4. The molecule has 152 valence electrons. The fraction of sp³-hybridized carbons (Fsp3) is 0.0556. The molecule has 29 heavy (non-hydrogen) atoms. The molecule has 0 saturated heterocycles. The highest BCUT2D eigenvalue weighted by molar-refractivity contribution is 6.43. The van der Waals surface area contributed by atoms with Crippen LogP contribution in [0.3, 0.4) is 0 Å². The van der Waals surface area contributed by atoms with Gasteiger partial charge in [0.05, 0.1) is 20.1 Å². The van der Waals surface area contributed by atoms with Crippen molar-refractivity contribution in [1.29, 1.82) is 0 Å². The highest BCUT2D eigenvalue weighted by Gasteiger charge is 2.36. The SMILES string of the molecule is Fc1c(-c2c(Cl)cc(Cl)cc2Cl)cc(C(F)(F)F)nc1-c1c(Cl)cc(Cl)cc1Cl. The summed E-state index contributed by atoms with van der Waals surface area (Å²) in [5.41, 5.74) is -3.12. The molecular weight excluding hydrogens is 519 g/mol. The minimum absolute atomic E-state index is 0.111. The smallest absolute Gasteiger partial charge is 0.240 e. The van der Waals surface area contributed by atoms with Gasteiger partial charge in [-0.2, -0.15) is 13.2 Å². The quantitative estimate of drug-likeness (QED) is 0.305. The minimum atomic E-state index is -4.91. The summed E-state index contributed by atoms with van der Waals surface area (Å²) in [6, 6.07) is 5.34. The monoisotopic (exact) mass is 521 g/mol. The molecule has 0 radical (unpaired) electrons. The second kappa shape index (κ2) is 8.29. The van der Waals surface area contributed by atoms with Crippen molar-refractivity contribution in [2.75, 3.05) is 0 Å². The summed E-state index contributed by atoms with van der Waals surface area (Å²) in [5, 5.41) is -0.446. The summed E-state index contributed by atoms with van der Waals surface area (Å²) in [7, 11) is 0. The van der Waals surface area contributed by atoms with Gasteiger partial charge in [-0.15, -0.1) is 0 Å². The molecule has 0 saturated carbocycles. The van der Waals surface area contributed by atoms with Crippen LogP contribution in [-0.2, 0) is 6.18 Å². The van der Waals surface area contributed by atoms with Crippen molar-refractivity contribution in [3.8, 4) is 22.4 Å². The van der Waals surface area contributed by atoms with Crippen molar-refractivity contribution in [2.24, 2.45) is 0 Å². The summed E-state index contributed by atoms with van der Waals surface area (Å²) in [6.45, 7) is 0. The van der Waals surface area contributed by atoms with Gasteiger partial charge < -0.3 is 0 Å². The second-order valence-corrected chi connectivity index (χ2v) is 8.21. The van der Waals surface area contributed by atoms with Crippen LogP contribution in [0.4, 0.5) is 17.6 Å². The van der Waals surface area contributed by atoms with Gasteiger partial charge in [0.1, 0.15) is 11.4 Å². The number of nitrogens with zero attached hydrogens (tertiary/aromatic N) is 1. The van der Waals surface area contributed by atoms with Crippen LogP contribution in [0.25, 0.3) is 22.4 Å². The topological polar surface area (TPSA) is 12.9 Å². The number of alkyl halides is 3. The Morgan fingerprint density at radius 3 is 1.48 bits per heavy atom. The number of hydrogen-bond acceptors (Lipinski definition) is 1. The lowest BCUT2D eigenvalue weighted by Gasteiger charge is -2.17. The Hall–Kier alpha value is -0.950. The molecule has 0 N–H and O–H groups in total. The average molecular weight is 524 g/mol. The molecule has 0 unspecified atom stereocenters. The van der Waals surface area contributed by atoms with Crippen molar-refractivity contribution in [3.05, 3.63) is 72.0 Å². The molecule has 1 heterocycles. The van der Waals surface area contributed by atoms with Crippen molar-refractivity contribution in [2.45, 2.75) is 6.18 Å². The van der Waals surface area contributed by atoms with E-state index < -0.39 is 28.9 Å². The molecule has 0 bridgehead atoms. The van der Waals surface area contributed by atoms with Crippen LogP contribution in [0.5, 0.6) is 0 Å². The number of hydrogen-bond donors (Lipinski definition) is 0. The van der Waals surface area contributed by atoms with Crippen molar-refractivity contribution in [1.82, 2.24) is 4.98 Å². The van der Waals surface area contributed by atoms with Gasteiger partial charge in [-0.3, -0.25) is 0 Å². The molecule has 0 aliphatic heterocycles. The van der Waals surface area contributed by atoms with Crippen LogP contribution in [0, 0.1) is 5.82 Å². The van der Waals surface area contributed by atoms with E-state index in [4.69, 9.17) is 69.6 Å². The first-order valence-corrected chi connectivity index (χ1v) is 9.74. The number of aromatic nitrogens is 1. The molecule has 0 aliphatic rings. The Morgan fingerprint density at radius 1 is 0.655 bits per heavy atom. The zero-order valence-electron chi connectivity index (χ0n) is 13.6. The Kier molecular flexibility index (Phi) is 6.50. The van der Waals surface area contributed by atoms with Crippen molar-refractivity contribution >= 4 is 69.6 Å². The lowest BCUT2D eigenvalue weighted by Crippen LogP contribution is -2.11. The third kappa shape index (κ3) is 4.55. The van der Waals surface area contributed by atoms with Gasteiger partial charge in [0.15, 0.2) is 5.82 Å². The van der Waals surface area contributed by atoms with Gasteiger partial charge in [0.2, 0.25) is 0 Å². The van der Waals surface area contributed by atoms with E-state index in [9.17, 15) is 13.2 Å². The van der Waals surface area contributed by atoms with E-state index >= 15 is 4.39 Å². The number of benzene rings is 2. The Balaban J connectivity index is 2.44. The van der Waals surface area contributed by atoms with Crippen molar-refractivity contribution < 1.29 is 17.6 Å². The Labute approximate surface area is 192 Å². The first-order valence-electron chi connectivity index (χ1n) is 7.47. The predicted octanol–water partition coefficient (Wildman–Crippen LogP) is 9.49. The summed E-state index contributed by atoms with van der Waals surface area (Å²) in [5.74, 6) is -1.16. The van der Waals surface area contributed by atoms with Crippen LogP contribution in [0.1, 0.15) is 5.69 Å². The summed E-state index contributed by atoms with van der Waals surface area (Å²) >= 11 is 36.0. The standard InChI is InChI=1S/C18H5Cl6F4N/c19-6-1-9(21)14(10(22)2-6)8-5-13(18(26,27)28)29-17(16(8)25)15-11(23)3-7(20)4-12(15)24/h1-5H. The molecule has 1 aromatic heterocycles. The molecule has 0 fully saturated rings. The van der Waals surface area contributed by atoms with Crippen LogP contribution in [0.15, 0.2) is 30.3 Å². The minimum Gasteiger partial charge on any atom is -0.240 e. The zero-order valence-corrected chi connectivity index (χ0v) is 18.1. The zero-order chi connectivity index (χ0) is 21.7. The van der Waals surface area contributed by atoms with E-state index in [1.807, 2.05) is 0 Å². The van der Waals surface area contributed by atoms with Gasteiger partial charge in [0.25, 0.3) is 0 Å². The molecular formula is C18H5Cl6F4N. The second-order valence-electron chi connectivity index (χ2n) is 5.70. The fourth-order valence-electron chi connectivity index (χ4n) is 2.59. The lowest BCUT2D eigenvalue weighted by molar-refractivity contribution is -0.141. The van der Waals surface area contributed by atoms with E-state index in [-0.39, 0.29) is 41.3 Å². The summed E-state index contributed by atoms with van der Waals surface area (Å²) in [4.78, 5) is 3.40. The average Bonchev–Trinajstić information content (AvgIpc) is 2.54. The fourth-order valence-corrected chi connectivity index (χ4v) is 4.61. The van der Waals surface area contributed by atoms with E-state index in [1.54, 1.807) is 0 Å². The van der Waals surface area contributed by atoms with Gasteiger partial charge in [-0.25, -0.2) is 9.37 Å². The van der Waals surface area contributed by atoms with Gasteiger partial charge >= 0.3 is 6.18 Å². The Morgan fingerprint density at radius 2 is 1.07 bits per heavy atom. The van der Waals surface area contributed by atoms with E-state index in [1.165, 1.54) is 24.3 Å². The molecule has 0 aliphatic carbocycles. The summed E-state index contributed by atoms with van der Waals surface area (Å²) in [6.07, 6.45) is -4.91. The molecule has 1 nitrogen and oxygen atoms in total. The highest BCUT2D eigenvalue weighted by Crippen LogP contribution is 2.45. The van der Waals surface area contributed by atoms with Crippen LogP contribution < -0.4 is 0 Å². The third-order valence-corrected chi connectivity index (χ3v) is 5.40. The first kappa shape index (κ1) is 22.7. The first-order chi connectivity index (χ1) is 13.4. The number of rotatable bonds is 2. The van der Waals surface area contributed by atoms with Crippen LogP contribution in [0.2, 0.25) is 30.1 Å². The van der Waals surface area contributed by atoms with Crippen LogP contribution >= 0.6 is 69.6 Å². The number of halogens is 10. The normalized spacial score (nSPS) is 11.8. The largest absolute Gasteiger partial charge is 0.433 e. The maximum absolute atomic E-state index is 15.4. The Bertz CT molecular complexity index is 1010. The lowest BCUT2D eigenvalue weighted by atomic mass is 10.0. The molecule has 0 atom stereocenters. The molecule has 3 aromatic rings. The van der Waals surface area contributed by atoms with Gasteiger partial charge in [-0.05, 0) is 30.3 Å². The molecule has 0 spiro atoms. The van der Waals surface area contributed by atoms with Gasteiger partial charge in [0, 0.05) is 26.7 Å². The highest BCUT2D eigenvalue weighted by atomic mass is 35.5.